The number of hydrogen-bond donors (Lipinski definition) is 2. The van der Waals surface area contributed by atoms with Crippen LogP contribution < -0.4 is 10.6 Å². The van der Waals surface area contributed by atoms with Gasteiger partial charge in [0.25, 0.3) is 0 Å². The minimum atomic E-state index is -0.0417. The third kappa shape index (κ3) is 2.67. The van der Waals surface area contributed by atoms with Crippen LogP contribution in [0.1, 0.15) is 25.8 Å². The smallest absolute Gasteiger partial charge is 0.241 e. The molecule has 1 aliphatic rings. The molecule has 2 rings (SSSR count). The highest BCUT2D eigenvalue weighted by atomic mass is 16.2. The molecule has 0 aromatic heterocycles. The number of carbonyl (C=O) groups is 1. The quantitative estimate of drug-likeness (QED) is 0.838. The molecule has 1 heterocycles. The molecular weight excluding hydrogens is 212 g/mol. The number of para-hydroxylation sites is 1. The molecule has 17 heavy (non-hydrogen) atoms. The average molecular weight is 232 g/mol. The lowest BCUT2D eigenvalue weighted by Gasteiger charge is -2.17. The zero-order valence-corrected chi connectivity index (χ0v) is 10.5. The van der Waals surface area contributed by atoms with Crippen LogP contribution in [0, 0.1) is 5.92 Å². The molecule has 2 N–H and O–H groups in total. The summed E-state index contributed by atoms with van der Waals surface area (Å²) in [6.07, 6.45) is 2.01. The van der Waals surface area contributed by atoms with E-state index in [1.165, 1.54) is 5.56 Å². The Morgan fingerprint density at radius 2 is 2.24 bits per heavy atom. The van der Waals surface area contributed by atoms with Gasteiger partial charge in [0.1, 0.15) is 0 Å². The summed E-state index contributed by atoms with van der Waals surface area (Å²) in [5, 5.41) is 6.28. The van der Waals surface area contributed by atoms with E-state index < -0.39 is 0 Å². The van der Waals surface area contributed by atoms with Crippen molar-refractivity contribution in [1.82, 2.24) is 5.32 Å². The molecule has 0 radical (unpaired) electrons. The first-order valence-corrected chi connectivity index (χ1v) is 6.34. The van der Waals surface area contributed by atoms with Crippen molar-refractivity contribution in [2.24, 2.45) is 5.92 Å². The van der Waals surface area contributed by atoms with Gasteiger partial charge in [-0.05, 0) is 36.9 Å². The Balaban J connectivity index is 2.07. The maximum Gasteiger partial charge on any atom is 0.241 e. The Hall–Kier alpha value is -1.35. The molecule has 1 fully saturated rings. The van der Waals surface area contributed by atoms with Crippen LogP contribution in [0.2, 0.25) is 0 Å². The number of rotatable bonds is 3. The predicted molar refractivity (Wildman–Crippen MR) is 70.0 cm³/mol. The zero-order chi connectivity index (χ0) is 12.3. The summed E-state index contributed by atoms with van der Waals surface area (Å²) in [6, 6.07) is 7.95. The SMILES string of the molecule is CCc1ccccc1NC(=O)C1NCCC1C. The van der Waals surface area contributed by atoms with E-state index in [-0.39, 0.29) is 11.9 Å². The summed E-state index contributed by atoms with van der Waals surface area (Å²) in [5.74, 6) is 0.514. The highest BCUT2D eigenvalue weighted by molar-refractivity contribution is 5.95. The van der Waals surface area contributed by atoms with Crippen molar-refractivity contribution in [3.63, 3.8) is 0 Å². The van der Waals surface area contributed by atoms with E-state index in [0.717, 1.165) is 25.1 Å². The average Bonchev–Trinajstić information content (AvgIpc) is 2.76. The number of amides is 1. The summed E-state index contributed by atoms with van der Waals surface area (Å²) in [4.78, 5) is 12.1. The van der Waals surface area contributed by atoms with Crippen LogP contribution >= 0.6 is 0 Å². The highest BCUT2D eigenvalue weighted by Gasteiger charge is 2.29. The third-order valence-corrected chi connectivity index (χ3v) is 3.47. The molecule has 1 aliphatic heterocycles. The van der Waals surface area contributed by atoms with Gasteiger partial charge in [0.2, 0.25) is 5.91 Å². The first kappa shape index (κ1) is 12.1. The zero-order valence-electron chi connectivity index (χ0n) is 10.5. The minimum Gasteiger partial charge on any atom is -0.324 e. The standard InChI is InChI=1S/C14H20N2O/c1-3-11-6-4-5-7-12(11)16-14(17)13-10(2)8-9-15-13/h4-7,10,13,15H,3,8-9H2,1-2H3,(H,16,17). The Morgan fingerprint density at radius 3 is 2.88 bits per heavy atom. The molecule has 1 amide bonds. The largest absolute Gasteiger partial charge is 0.324 e. The van der Waals surface area contributed by atoms with Gasteiger partial charge in [-0.2, -0.15) is 0 Å². The van der Waals surface area contributed by atoms with E-state index >= 15 is 0 Å². The molecular formula is C14H20N2O. The normalized spacial score (nSPS) is 23.6. The second-order valence-electron chi connectivity index (χ2n) is 4.70. The van der Waals surface area contributed by atoms with Crippen LogP contribution in [0.15, 0.2) is 24.3 Å². The Labute approximate surface area is 103 Å². The van der Waals surface area contributed by atoms with E-state index in [1.807, 2.05) is 18.2 Å². The predicted octanol–water partition coefficient (Wildman–Crippen LogP) is 2.19. The second-order valence-corrected chi connectivity index (χ2v) is 4.70. The molecule has 0 spiro atoms. The minimum absolute atomic E-state index is 0.0417. The first-order chi connectivity index (χ1) is 8.22. The molecule has 92 valence electrons. The summed E-state index contributed by atoms with van der Waals surface area (Å²) < 4.78 is 0. The Morgan fingerprint density at radius 1 is 1.47 bits per heavy atom. The number of aryl methyl sites for hydroxylation is 1. The maximum absolute atomic E-state index is 12.1. The van der Waals surface area contributed by atoms with Crippen molar-refractivity contribution in [1.29, 1.82) is 0 Å². The van der Waals surface area contributed by atoms with Crippen molar-refractivity contribution in [2.75, 3.05) is 11.9 Å². The van der Waals surface area contributed by atoms with E-state index in [1.54, 1.807) is 0 Å². The van der Waals surface area contributed by atoms with Crippen LogP contribution in [-0.2, 0) is 11.2 Å². The fourth-order valence-corrected chi connectivity index (χ4v) is 2.35. The molecule has 0 saturated carbocycles. The molecule has 0 bridgehead atoms. The topological polar surface area (TPSA) is 41.1 Å². The van der Waals surface area contributed by atoms with E-state index in [9.17, 15) is 4.79 Å². The monoisotopic (exact) mass is 232 g/mol. The summed E-state index contributed by atoms with van der Waals surface area (Å²) >= 11 is 0. The van der Waals surface area contributed by atoms with Crippen molar-refractivity contribution in [2.45, 2.75) is 32.7 Å². The lowest BCUT2D eigenvalue weighted by atomic mass is 10.0. The van der Waals surface area contributed by atoms with Gasteiger partial charge in [-0.1, -0.05) is 32.0 Å². The molecule has 2 atom stereocenters. The van der Waals surface area contributed by atoms with Crippen LogP contribution in [0.4, 0.5) is 5.69 Å². The fourth-order valence-electron chi connectivity index (χ4n) is 2.35. The fraction of sp³-hybridized carbons (Fsp3) is 0.500. The van der Waals surface area contributed by atoms with E-state index in [0.29, 0.717) is 5.92 Å². The van der Waals surface area contributed by atoms with Gasteiger partial charge in [0, 0.05) is 5.69 Å². The second kappa shape index (κ2) is 5.32. The third-order valence-electron chi connectivity index (χ3n) is 3.47. The molecule has 3 nitrogen and oxygen atoms in total. The molecule has 3 heteroatoms. The highest BCUT2D eigenvalue weighted by Crippen LogP contribution is 2.19. The number of benzene rings is 1. The van der Waals surface area contributed by atoms with Gasteiger partial charge >= 0.3 is 0 Å². The van der Waals surface area contributed by atoms with Crippen molar-refractivity contribution in [3.05, 3.63) is 29.8 Å². The van der Waals surface area contributed by atoms with Gasteiger partial charge < -0.3 is 10.6 Å². The summed E-state index contributed by atoms with van der Waals surface area (Å²) in [5.41, 5.74) is 2.13. The molecule has 2 unspecified atom stereocenters. The molecule has 1 saturated heterocycles. The number of nitrogens with one attached hydrogen (secondary N) is 2. The maximum atomic E-state index is 12.1. The van der Waals surface area contributed by atoms with E-state index in [2.05, 4.69) is 30.5 Å². The van der Waals surface area contributed by atoms with E-state index in [4.69, 9.17) is 0 Å². The van der Waals surface area contributed by atoms with Gasteiger partial charge in [-0.25, -0.2) is 0 Å². The van der Waals surface area contributed by atoms with Crippen LogP contribution in [-0.4, -0.2) is 18.5 Å². The Kier molecular flexibility index (Phi) is 3.79. The molecule has 0 aliphatic carbocycles. The summed E-state index contributed by atoms with van der Waals surface area (Å²) in [7, 11) is 0. The van der Waals surface area contributed by atoms with Crippen LogP contribution in [0.3, 0.4) is 0 Å². The number of hydrogen-bond acceptors (Lipinski definition) is 2. The lowest BCUT2D eigenvalue weighted by molar-refractivity contribution is -0.118. The number of carbonyl (C=O) groups excluding carboxylic acids is 1. The lowest BCUT2D eigenvalue weighted by Crippen LogP contribution is -2.39. The first-order valence-electron chi connectivity index (χ1n) is 6.34. The molecule has 1 aromatic rings. The van der Waals surface area contributed by atoms with Gasteiger partial charge in [0.15, 0.2) is 0 Å². The Bertz CT molecular complexity index is 403. The van der Waals surface area contributed by atoms with Crippen molar-refractivity contribution >= 4 is 11.6 Å². The molecule has 1 aromatic carbocycles. The van der Waals surface area contributed by atoms with Gasteiger partial charge in [-0.3, -0.25) is 4.79 Å². The van der Waals surface area contributed by atoms with Gasteiger partial charge in [-0.15, -0.1) is 0 Å². The van der Waals surface area contributed by atoms with Crippen molar-refractivity contribution < 1.29 is 4.79 Å². The van der Waals surface area contributed by atoms with Gasteiger partial charge in [0.05, 0.1) is 6.04 Å². The van der Waals surface area contributed by atoms with Crippen molar-refractivity contribution in [3.8, 4) is 0 Å². The summed E-state index contributed by atoms with van der Waals surface area (Å²) in [6.45, 7) is 5.16. The van der Waals surface area contributed by atoms with Crippen LogP contribution in [0.5, 0.6) is 0 Å². The van der Waals surface area contributed by atoms with Crippen LogP contribution in [0.25, 0.3) is 0 Å². The number of anilines is 1.